The van der Waals surface area contributed by atoms with Gasteiger partial charge in [-0.05, 0) is 61.0 Å². The van der Waals surface area contributed by atoms with Crippen molar-refractivity contribution in [2.45, 2.75) is 6.92 Å². The van der Waals surface area contributed by atoms with Crippen molar-refractivity contribution in [1.29, 1.82) is 0 Å². The Kier molecular flexibility index (Phi) is 6.59. The fourth-order valence-corrected chi connectivity index (χ4v) is 2.92. The number of aryl methyl sites for hydroxylation is 1. The molecule has 0 bridgehead atoms. The van der Waals surface area contributed by atoms with Gasteiger partial charge < -0.3 is 10.6 Å². The van der Waals surface area contributed by atoms with Gasteiger partial charge in [0.05, 0.1) is 5.69 Å². The number of urea groups is 1. The predicted molar refractivity (Wildman–Crippen MR) is 117 cm³/mol. The highest BCUT2D eigenvalue weighted by molar-refractivity contribution is 7.82. The Morgan fingerprint density at radius 2 is 1.53 bits per heavy atom. The molecule has 0 saturated carbocycles. The lowest BCUT2D eigenvalue weighted by molar-refractivity contribution is 0.101. The van der Waals surface area contributed by atoms with Crippen LogP contribution >= 0.6 is 24.4 Å². The van der Waals surface area contributed by atoms with E-state index in [4.69, 9.17) is 11.6 Å². The molecule has 0 unspecified atom stereocenters. The number of carbonyl (C=O) groups excluding carboxylic acids is 2. The number of rotatable bonds is 4. The minimum absolute atomic E-state index is 0.291. The smallest absolute Gasteiger partial charge is 0.322 e. The molecule has 0 heterocycles. The van der Waals surface area contributed by atoms with Crippen LogP contribution in [0.5, 0.6) is 0 Å². The second kappa shape index (κ2) is 9.15. The summed E-state index contributed by atoms with van der Waals surface area (Å²) in [6.45, 7) is 1.85. The number of nitrogens with one attached hydrogen (secondary N) is 2. The third-order valence-electron chi connectivity index (χ3n) is 4.18. The average molecular weight is 448 g/mol. The molecule has 0 aliphatic heterocycles. The van der Waals surface area contributed by atoms with Crippen molar-refractivity contribution < 1.29 is 18.4 Å². The van der Waals surface area contributed by atoms with E-state index in [0.29, 0.717) is 22.1 Å². The fourth-order valence-electron chi connectivity index (χ4n) is 2.56. The summed E-state index contributed by atoms with van der Waals surface area (Å²) in [6.07, 6.45) is 0. The molecule has 3 aromatic rings. The maximum atomic E-state index is 13.7. The van der Waals surface area contributed by atoms with Crippen LogP contribution in [0.15, 0.2) is 60.7 Å². The van der Waals surface area contributed by atoms with E-state index in [9.17, 15) is 18.4 Å². The highest BCUT2D eigenvalue weighted by atomic mass is 35.5. The first-order valence-corrected chi connectivity index (χ1v) is 9.45. The third kappa shape index (κ3) is 4.90. The minimum Gasteiger partial charge on any atom is -0.322 e. The van der Waals surface area contributed by atoms with Crippen LogP contribution in [0.3, 0.4) is 0 Å². The van der Waals surface area contributed by atoms with Gasteiger partial charge in [0.15, 0.2) is 0 Å². The molecule has 0 aromatic heterocycles. The first-order chi connectivity index (χ1) is 14.3. The van der Waals surface area contributed by atoms with Crippen LogP contribution in [0.4, 0.5) is 30.6 Å². The molecule has 0 atom stereocenters. The Balaban J connectivity index is 1.67. The first-order valence-electron chi connectivity index (χ1n) is 8.68. The number of carbonyl (C=O) groups is 2. The van der Waals surface area contributed by atoms with E-state index in [1.165, 1.54) is 30.3 Å². The van der Waals surface area contributed by atoms with E-state index in [1.54, 1.807) is 18.2 Å². The lowest BCUT2D eigenvalue weighted by Crippen LogP contribution is -2.26. The zero-order chi connectivity index (χ0) is 21.8. The van der Waals surface area contributed by atoms with Gasteiger partial charge in [-0.2, -0.15) is 0 Å². The van der Waals surface area contributed by atoms with Gasteiger partial charge >= 0.3 is 6.03 Å². The summed E-state index contributed by atoms with van der Waals surface area (Å²) >= 11 is 10.2. The van der Waals surface area contributed by atoms with Crippen molar-refractivity contribution in [3.05, 3.63) is 88.4 Å². The van der Waals surface area contributed by atoms with E-state index in [-0.39, 0.29) is 0 Å². The van der Waals surface area contributed by atoms with E-state index >= 15 is 0 Å². The maximum Gasteiger partial charge on any atom is 0.336 e. The molecule has 30 heavy (non-hydrogen) atoms. The summed E-state index contributed by atoms with van der Waals surface area (Å²) in [5.41, 5.74) is 1.41. The summed E-state index contributed by atoms with van der Waals surface area (Å²) in [7, 11) is 0. The predicted octanol–water partition coefficient (Wildman–Crippen LogP) is 6.06. The van der Waals surface area contributed by atoms with Crippen molar-refractivity contribution in [3.63, 3.8) is 0 Å². The van der Waals surface area contributed by atoms with Gasteiger partial charge in [0.2, 0.25) is 0 Å². The van der Waals surface area contributed by atoms with Crippen LogP contribution in [0.2, 0.25) is 5.02 Å². The van der Waals surface area contributed by atoms with E-state index in [0.717, 1.165) is 22.0 Å². The lowest BCUT2D eigenvalue weighted by Gasteiger charge is -2.17. The highest BCUT2D eigenvalue weighted by Gasteiger charge is 2.18. The van der Waals surface area contributed by atoms with Crippen molar-refractivity contribution >= 4 is 53.4 Å². The molecule has 0 aliphatic carbocycles. The normalized spacial score (nSPS) is 10.4. The average Bonchev–Trinajstić information content (AvgIpc) is 2.70. The van der Waals surface area contributed by atoms with Gasteiger partial charge in [-0.15, -0.1) is 0 Å². The van der Waals surface area contributed by atoms with Gasteiger partial charge in [-0.3, -0.25) is 4.79 Å². The molecule has 0 radical (unpaired) electrons. The molecule has 0 saturated heterocycles. The number of thiol groups is 1. The van der Waals surface area contributed by atoms with E-state index in [2.05, 4.69) is 23.4 Å². The Morgan fingerprint density at radius 1 is 0.933 bits per heavy atom. The quantitative estimate of drug-likeness (QED) is 0.425. The van der Waals surface area contributed by atoms with Gasteiger partial charge in [0.25, 0.3) is 5.91 Å². The van der Waals surface area contributed by atoms with Crippen LogP contribution in [0.1, 0.15) is 15.9 Å². The summed E-state index contributed by atoms with van der Waals surface area (Å²) in [6, 6.07) is 13.7. The van der Waals surface area contributed by atoms with Gasteiger partial charge in [0, 0.05) is 16.4 Å². The van der Waals surface area contributed by atoms with Crippen LogP contribution in [-0.2, 0) is 0 Å². The number of benzene rings is 3. The summed E-state index contributed by atoms with van der Waals surface area (Å²) < 4.78 is 28.5. The molecule has 3 amide bonds. The van der Waals surface area contributed by atoms with Crippen LogP contribution in [0, 0.1) is 18.6 Å². The Morgan fingerprint density at radius 3 is 2.13 bits per heavy atom. The van der Waals surface area contributed by atoms with Crippen LogP contribution < -0.4 is 14.9 Å². The van der Waals surface area contributed by atoms with E-state index in [1.807, 2.05) is 6.92 Å². The molecular weight excluding hydrogens is 432 g/mol. The summed E-state index contributed by atoms with van der Waals surface area (Å²) in [5.74, 6) is -2.84. The lowest BCUT2D eigenvalue weighted by atomic mass is 10.1. The summed E-state index contributed by atoms with van der Waals surface area (Å²) in [5, 5.41) is 5.59. The number of nitrogens with zero attached hydrogens (tertiary/aromatic N) is 1. The molecule has 0 aliphatic rings. The van der Waals surface area contributed by atoms with E-state index < -0.39 is 29.1 Å². The number of anilines is 3. The number of hydrogen-bond acceptors (Lipinski definition) is 3. The van der Waals surface area contributed by atoms with Gasteiger partial charge in [0.1, 0.15) is 17.2 Å². The monoisotopic (exact) mass is 447 g/mol. The molecule has 3 aromatic carbocycles. The zero-order valence-corrected chi connectivity index (χ0v) is 17.3. The molecular formula is C21H16ClF2N3O2S. The standard InChI is InChI=1S/C21H16ClF2N3O2S/c1-12-5-6-14(11-16(12)22)26-21(29)27(30)15-9-7-13(8-10-15)25-20(28)19-17(23)3-2-4-18(19)24/h2-11,30H,1H3,(H,25,28)(H,26,29). The molecule has 0 fully saturated rings. The topological polar surface area (TPSA) is 61.4 Å². The number of halogens is 3. The molecule has 3 rings (SSSR count). The molecule has 5 nitrogen and oxygen atoms in total. The Bertz CT molecular complexity index is 1090. The first kappa shape index (κ1) is 21.6. The maximum absolute atomic E-state index is 13.7. The third-order valence-corrected chi connectivity index (χ3v) is 4.99. The molecule has 154 valence electrons. The van der Waals surface area contributed by atoms with Crippen LogP contribution in [0.25, 0.3) is 0 Å². The second-order valence-electron chi connectivity index (χ2n) is 6.30. The Labute approximate surface area is 182 Å². The van der Waals surface area contributed by atoms with Crippen molar-refractivity contribution in [2.24, 2.45) is 0 Å². The zero-order valence-electron chi connectivity index (χ0n) is 15.6. The molecule has 9 heteroatoms. The second-order valence-corrected chi connectivity index (χ2v) is 7.11. The fraction of sp³-hybridized carbons (Fsp3) is 0.0476. The van der Waals surface area contributed by atoms with Gasteiger partial charge in [-0.25, -0.2) is 17.9 Å². The van der Waals surface area contributed by atoms with Crippen LogP contribution in [-0.4, -0.2) is 11.9 Å². The SMILES string of the molecule is Cc1ccc(NC(=O)N(S)c2ccc(NC(=O)c3c(F)cccc3F)cc2)cc1Cl. The summed E-state index contributed by atoms with van der Waals surface area (Å²) in [4.78, 5) is 24.5. The molecule has 2 N–H and O–H groups in total. The van der Waals surface area contributed by atoms with Gasteiger partial charge in [-0.1, -0.05) is 36.5 Å². The number of hydrogen-bond donors (Lipinski definition) is 3. The number of amides is 3. The van der Waals surface area contributed by atoms with Crippen molar-refractivity contribution in [3.8, 4) is 0 Å². The highest BCUT2D eigenvalue weighted by Crippen LogP contribution is 2.24. The molecule has 0 spiro atoms. The Hall–Kier alpha value is -3.10. The minimum atomic E-state index is -0.960. The van der Waals surface area contributed by atoms with Crippen molar-refractivity contribution in [1.82, 2.24) is 0 Å². The largest absolute Gasteiger partial charge is 0.336 e. The van der Waals surface area contributed by atoms with Crippen molar-refractivity contribution in [2.75, 3.05) is 14.9 Å².